The number of esters is 1. The van der Waals surface area contributed by atoms with E-state index in [2.05, 4.69) is 22.6 Å². The molecule has 0 aliphatic carbocycles. The maximum Gasteiger partial charge on any atom is 0.323 e. The quantitative estimate of drug-likeness (QED) is 0.484. The van der Waals surface area contributed by atoms with Crippen LogP contribution in [0.1, 0.15) is 28.8 Å². The molecule has 1 atom stereocenters. The first-order chi connectivity index (χ1) is 9.27. The highest BCUT2D eigenvalue weighted by atomic mass is 127. The van der Waals surface area contributed by atoms with Crippen molar-refractivity contribution in [3.8, 4) is 0 Å². The lowest BCUT2D eigenvalue weighted by molar-refractivity contribution is -0.905. The Morgan fingerprint density at radius 3 is 2.58 bits per heavy atom. The summed E-state index contributed by atoms with van der Waals surface area (Å²) >= 11 is 2.15. The number of benzene rings is 1. The van der Waals surface area contributed by atoms with E-state index in [0.29, 0.717) is 6.61 Å². The molecular weight excluding hydrogens is 353 g/mol. The second-order valence-corrected chi connectivity index (χ2v) is 6.25. The Hall–Kier alpha value is -0.620. The van der Waals surface area contributed by atoms with Gasteiger partial charge in [0.05, 0.1) is 13.1 Å². The number of hydrogen-bond acceptors (Lipinski definition) is 2. The lowest BCUT2D eigenvalue weighted by atomic mass is 10.1. The molecule has 1 aliphatic rings. The van der Waals surface area contributed by atoms with Crippen molar-refractivity contribution in [2.24, 2.45) is 0 Å². The summed E-state index contributed by atoms with van der Waals surface area (Å²) in [6.45, 7) is 3.94. The first-order valence-corrected chi connectivity index (χ1v) is 8.21. The Labute approximate surface area is 128 Å². The van der Waals surface area contributed by atoms with Gasteiger partial charge in [-0.15, -0.1) is 0 Å². The molecule has 0 radical (unpaired) electrons. The van der Waals surface area contributed by atoms with Gasteiger partial charge in [0.1, 0.15) is 17.1 Å². The number of nitrogens with one attached hydrogen (secondary N) is 1. The lowest BCUT2D eigenvalue weighted by Gasteiger charge is -2.23. The number of carbonyl (C=O) groups excluding carboxylic acids is 1. The molecule has 1 aliphatic heterocycles. The summed E-state index contributed by atoms with van der Waals surface area (Å²) in [5, 5.41) is 0. The van der Waals surface area contributed by atoms with Gasteiger partial charge in [-0.05, 0) is 24.8 Å². The molecule has 0 spiro atoms. The van der Waals surface area contributed by atoms with Gasteiger partial charge in [-0.1, -0.05) is 52.9 Å². The zero-order valence-corrected chi connectivity index (χ0v) is 13.3. The summed E-state index contributed by atoms with van der Waals surface area (Å²) in [7, 11) is 0. The number of halogens is 1. The monoisotopic (exact) mass is 374 g/mol. The summed E-state index contributed by atoms with van der Waals surface area (Å²) in [6, 6.07) is 9.79. The van der Waals surface area contributed by atoms with Crippen molar-refractivity contribution in [2.75, 3.05) is 26.2 Å². The average molecular weight is 374 g/mol. The molecule has 0 saturated carbocycles. The van der Waals surface area contributed by atoms with Gasteiger partial charge in [0.25, 0.3) is 0 Å². The molecule has 1 aromatic carbocycles. The summed E-state index contributed by atoms with van der Waals surface area (Å²) in [5.41, 5.74) is 1.01. The van der Waals surface area contributed by atoms with Crippen molar-refractivity contribution >= 4 is 28.6 Å². The SMILES string of the molecule is O=C(OCC[NH+]1CCCCC1)C(I)c1ccccc1. The minimum absolute atomic E-state index is 0.122. The standard InChI is InChI=1S/C15H20INO2/c16-14(13-7-3-1-4-8-13)15(18)19-12-11-17-9-5-2-6-10-17/h1,3-4,7-8,14H,2,5-6,9-12H2/p+1. The number of carbonyl (C=O) groups is 1. The van der Waals surface area contributed by atoms with E-state index in [4.69, 9.17) is 4.74 Å². The Morgan fingerprint density at radius 1 is 1.21 bits per heavy atom. The van der Waals surface area contributed by atoms with Crippen molar-refractivity contribution in [1.29, 1.82) is 0 Å². The fourth-order valence-corrected chi connectivity index (χ4v) is 3.02. The molecule has 0 amide bonds. The number of alkyl halides is 1. The molecule has 1 aromatic rings. The van der Waals surface area contributed by atoms with Crippen LogP contribution in [0.15, 0.2) is 30.3 Å². The largest absolute Gasteiger partial charge is 0.459 e. The van der Waals surface area contributed by atoms with Gasteiger partial charge in [-0.25, -0.2) is 0 Å². The molecule has 0 aromatic heterocycles. The Kier molecular flexibility index (Phi) is 6.10. The summed E-state index contributed by atoms with van der Waals surface area (Å²) in [5.74, 6) is -0.122. The third kappa shape index (κ3) is 4.76. The highest BCUT2D eigenvalue weighted by Gasteiger charge is 2.19. The summed E-state index contributed by atoms with van der Waals surface area (Å²) in [4.78, 5) is 13.5. The van der Waals surface area contributed by atoms with Crippen molar-refractivity contribution in [3.63, 3.8) is 0 Å². The van der Waals surface area contributed by atoms with Crippen molar-refractivity contribution in [3.05, 3.63) is 35.9 Å². The maximum atomic E-state index is 11.9. The van der Waals surface area contributed by atoms with Gasteiger partial charge < -0.3 is 9.64 Å². The van der Waals surface area contributed by atoms with Gasteiger partial charge in [-0.3, -0.25) is 4.79 Å². The predicted octanol–water partition coefficient (Wildman–Crippen LogP) is 1.77. The van der Waals surface area contributed by atoms with Crippen molar-refractivity contribution in [1.82, 2.24) is 0 Å². The Bertz CT molecular complexity index is 390. The molecule has 1 heterocycles. The van der Waals surface area contributed by atoms with Crippen LogP contribution in [-0.2, 0) is 9.53 Å². The summed E-state index contributed by atoms with van der Waals surface area (Å²) < 4.78 is 5.19. The molecule has 1 unspecified atom stereocenters. The van der Waals surface area contributed by atoms with E-state index < -0.39 is 0 Å². The third-order valence-corrected chi connectivity index (χ3v) is 4.79. The van der Waals surface area contributed by atoms with Crippen LogP contribution in [0.5, 0.6) is 0 Å². The minimum Gasteiger partial charge on any atom is -0.459 e. The van der Waals surface area contributed by atoms with E-state index in [1.165, 1.54) is 32.4 Å². The zero-order valence-electron chi connectivity index (χ0n) is 11.1. The number of rotatable bonds is 5. The van der Waals surface area contributed by atoms with E-state index in [0.717, 1.165) is 12.1 Å². The Balaban J connectivity index is 1.72. The number of ether oxygens (including phenoxy) is 1. The normalized spacial score (nSPS) is 17.9. The first kappa shape index (κ1) is 14.8. The average Bonchev–Trinajstić information content (AvgIpc) is 2.48. The lowest BCUT2D eigenvalue weighted by Crippen LogP contribution is -3.13. The number of hydrogen-bond donors (Lipinski definition) is 1. The number of quaternary nitrogens is 1. The van der Waals surface area contributed by atoms with Crippen LogP contribution in [0.4, 0.5) is 0 Å². The van der Waals surface area contributed by atoms with Crippen molar-refractivity contribution in [2.45, 2.75) is 23.2 Å². The van der Waals surface area contributed by atoms with Gasteiger partial charge in [0.15, 0.2) is 0 Å². The summed E-state index contributed by atoms with van der Waals surface area (Å²) in [6.07, 6.45) is 3.97. The molecule has 104 valence electrons. The third-order valence-electron chi connectivity index (χ3n) is 3.56. The minimum atomic E-state index is -0.199. The first-order valence-electron chi connectivity index (χ1n) is 6.96. The van der Waals surface area contributed by atoms with E-state index >= 15 is 0 Å². The smallest absolute Gasteiger partial charge is 0.323 e. The molecule has 4 heteroatoms. The van der Waals surface area contributed by atoms with Crippen LogP contribution in [0.3, 0.4) is 0 Å². The van der Waals surface area contributed by atoms with Gasteiger partial charge in [0.2, 0.25) is 0 Å². The fraction of sp³-hybridized carbons (Fsp3) is 0.533. The van der Waals surface area contributed by atoms with Crippen molar-refractivity contribution < 1.29 is 14.4 Å². The molecule has 1 fully saturated rings. The van der Waals surface area contributed by atoms with Gasteiger partial charge >= 0.3 is 5.97 Å². The highest BCUT2D eigenvalue weighted by Crippen LogP contribution is 2.24. The van der Waals surface area contributed by atoms with Gasteiger partial charge in [0, 0.05) is 0 Å². The fourth-order valence-electron chi connectivity index (χ4n) is 2.43. The number of piperidine rings is 1. The van der Waals surface area contributed by atoms with Crippen LogP contribution in [-0.4, -0.2) is 32.2 Å². The predicted molar refractivity (Wildman–Crippen MR) is 83.6 cm³/mol. The molecule has 0 bridgehead atoms. The van der Waals surface area contributed by atoms with Crippen LogP contribution in [0, 0.1) is 0 Å². The molecule has 1 N–H and O–H groups in total. The van der Waals surface area contributed by atoms with E-state index in [-0.39, 0.29) is 9.89 Å². The Morgan fingerprint density at radius 2 is 1.89 bits per heavy atom. The molecule has 1 saturated heterocycles. The van der Waals surface area contributed by atoms with Crippen LogP contribution >= 0.6 is 22.6 Å². The number of likely N-dealkylation sites (tertiary alicyclic amines) is 1. The maximum absolute atomic E-state index is 11.9. The van der Waals surface area contributed by atoms with Crippen LogP contribution in [0.25, 0.3) is 0 Å². The topological polar surface area (TPSA) is 30.7 Å². The second-order valence-electron chi connectivity index (χ2n) is 5.00. The zero-order chi connectivity index (χ0) is 13.5. The molecule has 3 nitrogen and oxygen atoms in total. The van der Waals surface area contributed by atoms with E-state index in [1.807, 2.05) is 30.3 Å². The van der Waals surface area contributed by atoms with E-state index in [1.54, 1.807) is 4.90 Å². The van der Waals surface area contributed by atoms with E-state index in [9.17, 15) is 4.79 Å². The second kappa shape index (κ2) is 7.85. The van der Waals surface area contributed by atoms with Gasteiger partial charge in [-0.2, -0.15) is 0 Å². The van der Waals surface area contributed by atoms with Crippen LogP contribution in [0.2, 0.25) is 0 Å². The molecule has 2 rings (SSSR count). The highest BCUT2D eigenvalue weighted by molar-refractivity contribution is 14.1. The molecular formula is C15H21INO2+. The van der Waals surface area contributed by atoms with Crippen LogP contribution < -0.4 is 4.90 Å². The molecule has 19 heavy (non-hydrogen) atoms.